The van der Waals surface area contributed by atoms with Crippen LogP contribution in [0.4, 0.5) is 28.9 Å². The van der Waals surface area contributed by atoms with Gasteiger partial charge in [-0.05, 0) is 42.3 Å². The molecule has 0 saturated carbocycles. The van der Waals surface area contributed by atoms with Crippen molar-refractivity contribution in [1.29, 1.82) is 0 Å². The summed E-state index contributed by atoms with van der Waals surface area (Å²) in [6, 6.07) is 9.49. The van der Waals surface area contributed by atoms with Crippen molar-refractivity contribution >= 4 is 17.3 Å². The average Bonchev–Trinajstić information content (AvgIpc) is 3.04. The Morgan fingerprint density at radius 1 is 1.21 bits per heavy atom. The second kappa shape index (κ2) is 7.57. The third-order valence-electron chi connectivity index (χ3n) is 4.52. The van der Waals surface area contributed by atoms with Crippen LogP contribution < -0.4 is 11.1 Å². The topological polar surface area (TPSA) is 72.9 Å². The smallest absolute Gasteiger partial charge is 0.398 e. The molecule has 0 radical (unpaired) electrons. The second-order valence-electron chi connectivity index (χ2n) is 6.38. The van der Waals surface area contributed by atoms with Gasteiger partial charge in [0.2, 0.25) is 0 Å². The fourth-order valence-corrected chi connectivity index (χ4v) is 3.08. The first-order valence-corrected chi connectivity index (χ1v) is 8.72. The van der Waals surface area contributed by atoms with Gasteiger partial charge in [0.1, 0.15) is 5.82 Å². The van der Waals surface area contributed by atoms with E-state index in [-0.39, 0.29) is 16.9 Å². The standard InChI is InChI=1S/C20H18F4N4O/c1-3-11-15(26-19(29)12-6-4-5-7-14(12)21)9-8-13(18(11)25)16-10-17(20(22,23)24)27-28(16)2/h4-10H,3,25H2,1-2H3,(H,26,29). The molecule has 0 aliphatic heterocycles. The van der Waals surface area contributed by atoms with Crippen LogP contribution in [0.3, 0.4) is 0 Å². The first-order valence-electron chi connectivity index (χ1n) is 8.72. The number of benzene rings is 2. The Morgan fingerprint density at radius 3 is 2.48 bits per heavy atom. The fraction of sp³-hybridized carbons (Fsp3) is 0.200. The molecule has 0 spiro atoms. The first-order chi connectivity index (χ1) is 13.6. The molecule has 1 heterocycles. The molecule has 152 valence electrons. The van der Waals surface area contributed by atoms with Crippen LogP contribution in [0.25, 0.3) is 11.3 Å². The van der Waals surface area contributed by atoms with Gasteiger partial charge < -0.3 is 11.1 Å². The van der Waals surface area contributed by atoms with Gasteiger partial charge in [-0.2, -0.15) is 18.3 Å². The summed E-state index contributed by atoms with van der Waals surface area (Å²) in [4.78, 5) is 12.4. The Balaban J connectivity index is 2.00. The van der Waals surface area contributed by atoms with Crippen molar-refractivity contribution in [2.24, 2.45) is 7.05 Å². The van der Waals surface area contributed by atoms with Crippen molar-refractivity contribution in [3.8, 4) is 11.3 Å². The summed E-state index contributed by atoms with van der Waals surface area (Å²) < 4.78 is 53.8. The van der Waals surface area contributed by atoms with Crippen LogP contribution in [-0.2, 0) is 19.6 Å². The molecule has 3 rings (SSSR count). The highest BCUT2D eigenvalue weighted by Crippen LogP contribution is 2.37. The molecule has 0 bridgehead atoms. The first kappa shape index (κ1) is 20.4. The summed E-state index contributed by atoms with van der Waals surface area (Å²) in [6.45, 7) is 1.79. The molecule has 3 N–H and O–H groups in total. The number of carbonyl (C=O) groups is 1. The molecule has 9 heteroatoms. The maximum atomic E-state index is 13.8. The maximum Gasteiger partial charge on any atom is 0.435 e. The van der Waals surface area contributed by atoms with Gasteiger partial charge in [0, 0.05) is 24.0 Å². The highest BCUT2D eigenvalue weighted by Gasteiger charge is 2.35. The van der Waals surface area contributed by atoms with Gasteiger partial charge in [-0.1, -0.05) is 19.1 Å². The fourth-order valence-electron chi connectivity index (χ4n) is 3.08. The normalized spacial score (nSPS) is 11.5. The summed E-state index contributed by atoms with van der Waals surface area (Å²) in [5, 5.41) is 6.12. The number of nitrogen functional groups attached to an aromatic ring is 1. The van der Waals surface area contributed by atoms with Crippen LogP contribution in [0.15, 0.2) is 42.5 Å². The van der Waals surface area contributed by atoms with Crippen molar-refractivity contribution < 1.29 is 22.4 Å². The van der Waals surface area contributed by atoms with Crippen molar-refractivity contribution in [2.45, 2.75) is 19.5 Å². The number of anilines is 2. The summed E-state index contributed by atoms with van der Waals surface area (Å²) in [7, 11) is 1.39. The van der Waals surface area contributed by atoms with E-state index in [0.29, 0.717) is 23.2 Å². The molecule has 2 aromatic carbocycles. The van der Waals surface area contributed by atoms with Crippen LogP contribution in [0, 0.1) is 5.82 Å². The Kier molecular flexibility index (Phi) is 5.32. The lowest BCUT2D eigenvalue weighted by molar-refractivity contribution is -0.141. The molecule has 5 nitrogen and oxygen atoms in total. The maximum absolute atomic E-state index is 13.8. The number of hydrogen-bond donors (Lipinski definition) is 2. The van der Waals surface area contributed by atoms with E-state index >= 15 is 0 Å². The lowest BCUT2D eigenvalue weighted by Gasteiger charge is -2.16. The van der Waals surface area contributed by atoms with Crippen molar-refractivity contribution in [2.75, 3.05) is 11.1 Å². The summed E-state index contributed by atoms with van der Waals surface area (Å²) in [6.07, 6.45) is -4.18. The van der Waals surface area contributed by atoms with E-state index in [4.69, 9.17) is 5.73 Å². The van der Waals surface area contributed by atoms with Gasteiger partial charge in [-0.25, -0.2) is 4.39 Å². The highest BCUT2D eigenvalue weighted by atomic mass is 19.4. The molecule has 0 unspecified atom stereocenters. The Hall–Kier alpha value is -3.36. The van der Waals surface area contributed by atoms with Gasteiger partial charge in [0.05, 0.1) is 11.3 Å². The van der Waals surface area contributed by atoms with E-state index in [1.165, 1.54) is 43.4 Å². The minimum Gasteiger partial charge on any atom is -0.398 e. The molecule has 0 aliphatic rings. The Labute approximate surface area is 164 Å². The minimum absolute atomic E-state index is 0.126. The number of carbonyl (C=O) groups excluding carboxylic acids is 1. The number of nitrogens with two attached hydrogens (primary N) is 1. The summed E-state index contributed by atoms with van der Waals surface area (Å²) >= 11 is 0. The molecule has 0 aliphatic carbocycles. The SMILES string of the molecule is CCc1c(NC(=O)c2ccccc2F)ccc(-c2cc(C(F)(F)F)nn2C)c1N. The van der Waals surface area contributed by atoms with Crippen LogP contribution >= 0.6 is 0 Å². The van der Waals surface area contributed by atoms with Gasteiger partial charge in [0.25, 0.3) is 5.91 Å². The van der Waals surface area contributed by atoms with Crippen molar-refractivity contribution in [1.82, 2.24) is 9.78 Å². The second-order valence-corrected chi connectivity index (χ2v) is 6.38. The molecular formula is C20H18F4N4O. The number of rotatable bonds is 4. The van der Waals surface area contributed by atoms with Crippen LogP contribution in [0.5, 0.6) is 0 Å². The van der Waals surface area contributed by atoms with Gasteiger partial charge in [-0.15, -0.1) is 0 Å². The van der Waals surface area contributed by atoms with E-state index < -0.39 is 23.6 Å². The number of hydrogen-bond acceptors (Lipinski definition) is 3. The minimum atomic E-state index is -4.58. The van der Waals surface area contributed by atoms with Crippen molar-refractivity contribution in [3.05, 3.63) is 65.1 Å². The zero-order valence-electron chi connectivity index (χ0n) is 15.6. The Bertz CT molecular complexity index is 1070. The van der Waals surface area contributed by atoms with Crippen LogP contribution in [0.1, 0.15) is 28.5 Å². The van der Waals surface area contributed by atoms with E-state index in [1.54, 1.807) is 6.92 Å². The van der Waals surface area contributed by atoms with Gasteiger partial charge in [-0.3, -0.25) is 9.48 Å². The number of nitrogens with one attached hydrogen (secondary N) is 1. The molecule has 3 aromatic rings. The van der Waals surface area contributed by atoms with E-state index in [9.17, 15) is 22.4 Å². The molecule has 0 saturated heterocycles. The molecule has 1 amide bonds. The van der Waals surface area contributed by atoms with Crippen LogP contribution in [-0.4, -0.2) is 15.7 Å². The summed E-state index contributed by atoms with van der Waals surface area (Å²) in [5.41, 5.74) is 6.72. The quantitative estimate of drug-likeness (QED) is 0.490. The van der Waals surface area contributed by atoms with Gasteiger partial charge >= 0.3 is 6.18 Å². The zero-order chi connectivity index (χ0) is 21.3. The van der Waals surface area contributed by atoms with E-state index in [2.05, 4.69) is 10.4 Å². The molecular weight excluding hydrogens is 388 g/mol. The predicted octanol–water partition coefficient (Wildman–Crippen LogP) is 4.64. The number of amides is 1. The van der Waals surface area contributed by atoms with E-state index in [1.807, 2.05) is 0 Å². The lowest BCUT2D eigenvalue weighted by Crippen LogP contribution is -2.15. The van der Waals surface area contributed by atoms with Crippen LogP contribution in [0.2, 0.25) is 0 Å². The van der Waals surface area contributed by atoms with Crippen molar-refractivity contribution in [3.63, 3.8) is 0 Å². The zero-order valence-corrected chi connectivity index (χ0v) is 15.6. The molecule has 29 heavy (non-hydrogen) atoms. The molecule has 0 atom stereocenters. The lowest BCUT2D eigenvalue weighted by atomic mass is 10.00. The van der Waals surface area contributed by atoms with Gasteiger partial charge in [0.15, 0.2) is 5.69 Å². The molecule has 0 fully saturated rings. The predicted molar refractivity (Wildman–Crippen MR) is 102 cm³/mol. The number of aromatic nitrogens is 2. The number of aryl methyl sites for hydroxylation is 1. The van der Waals surface area contributed by atoms with E-state index in [0.717, 1.165) is 10.7 Å². The Morgan fingerprint density at radius 2 is 1.90 bits per heavy atom. The highest BCUT2D eigenvalue weighted by molar-refractivity contribution is 6.05. The number of nitrogens with zero attached hydrogens (tertiary/aromatic N) is 2. The third-order valence-corrected chi connectivity index (χ3v) is 4.52. The summed E-state index contributed by atoms with van der Waals surface area (Å²) in [5.74, 6) is -1.31. The molecule has 1 aromatic heterocycles. The average molecular weight is 406 g/mol. The largest absolute Gasteiger partial charge is 0.435 e. The number of halogens is 4. The third kappa shape index (κ3) is 3.94. The monoisotopic (exact) mass is 406 g/mol. The number of alkyl halides is 3.